The minimum Gasteiger partial charge on any atom is -0.356 e. The normalized spacial score (nSPS) is 12.2. The van der Waals surface area contributed by atoms with Crippen molar-refractivity contribution < 1.29 is 0 Å². The van der Waals surface area contributed by atoms with Gasteiger partial charge in [0.15, 0.2) is 0 Å². The van der Waals surface area contributed by atoms with Gasteiger partial charge in [-0.05, 0) is 17.2 Å². The lowest BCUT2D eigenvalue weighted by Gasteiger charge is -2.20. The van der Waals surface area contributed by atoms with E-state index in [1.807, 2.05) is 48.3 Å². The van der Waals surface area contributed by atoms with E-state index in [-0.39, 0.29) is 6.04 Å². The fourth-order valence-electron chi connectivity index (χ4n) is 3.45. The molecular weight excluding hydrogens is 378 g/mol. The van der Waals surface area contributed by atoms with E-state index in [4.69, 9.17) is 0 Å². The highest BCUT2D eigenvalue weighted by Crippen LogP contribution is 2.36. The van der Waals surface area contributed by atoms with Crippen molar-refractivity contribution in [3.8, 4) is 10.4 Å². The first kappa shape index (κ1) is 17.6. The molecule has 0 aliphatic heterocycles. The van der Waals surface area contributed by atoms with Crippen molar-refractivity contribution in [2.45, 2.75) is 6.04 Å². The smallest absolute Gasteiger partial charge is 0.139 e. The fraction of sp³-hybridized carbons (Fsp3) is 0.0870. The predicted molar refractivity (Wildman–Crippen MR) is 118 cm³/mol. The molecule has 0 bridgehead atoms. The molecule has 3 heterocycles. The number of imidazole rings is 1. The van der Waals surface area contributed by atoms with Gasteiger partial charge in [-0.15, -0.1) is 11.3 Å². The lowest BCUT2D eigenvalue weighted by molar-refractivity contribution is 0.746. The van der Waals surface area contributed by atoms with E-state index in [2.05, 4.69) is 62.7 Å². The van der Waals surface area contributed by atoms with Gasteiger partial charge in [0.05, 0.1) is 5.39 Å². The first-order valence-corrected chi connectivity index (χ1v) is 10.2. The minimum absolute atomic E-state index is 0.116. The summed E-state index contributed by atoms with van der Waals surface area (Å²) < 4.78 is 2.03. The molecule has 0 fully saturated rings. The molecule has 0 saturated carbocycles. The van der Waals surface area contributed by atoms with E-state index >= 15 is 0 Å². The monoisotopic (exact) mass is 397 g/mol. The SMILES string of the molecule is Cn1ccnc1C(Nc1ncnc2sc(-c3ccccc3)cc12)c1ccccc1. The molecule has 5 rings (SSSR count). The summed E-state index contributed by atoms with van der Waals surface area (Å²) in [4.78, 5) is 15.8. The van der Waals surface area contributed by atoms with Gasteiger partial charge in [-0.2, -0.15) is 0 Å². The number of nitrogens with zero attached hydrogens (tertiary/aromatic N) is 4. The van der Waals surface area contributed by atoms with Crippen LogP contribution in [0.2, 0.25) is 0 Å². The van der Waals surface area contributed by atoms with Gasteiger partial charge in [-0.25, -0.2) is 15.0 Å². The summed E-state index contributed by atoms with van der Waals surface area (Å²) in [6.45, 7) is 0. The molecule has 5 aromatic rings. The lowest BCUT2D eigenvalue weighted by Crippen LogP contribution is -2.17. The molecule has 2 aromatic carbocycles. The highest BCUT2D eigenvalue weighted by molar-refractivity contribution is 7.21. The van der Waals surface area contributed by atoms with Crippen LogP contribution in [-0.4, -0.2) is 19.5 Å². The van der Waals surface area contributed by atoms with Gasteiger partial charge in [0, 0.05) is 24.3 Å². The van der Waals surface area contributed by atoms with Gasteiger partial charge in [-0.3, -0.25) is 0 Å². The maximum Gasteiger partial charge on any atom is 0.139 e. The maximum atomic E-state index is 4.58. The zero-order chi connectivity index (χ0) is 19.6. The molecule has 0 saturated heterocycles. The molecule has 0 radical (unpaired) electrons. The number of rotatable bonds is 5. The van der Waals surface area contributed by atoms with Crippen molar-refractivity contribution in [1.29, 1.82) is 0 Å². The van der Waals surface area contributed by atoms with E-state index in [1.165, 1.54) is 10.4 Å². The summed E-state index contributed by atoms with van der Waals surface area (Å²) in [6.07, 6.45) is 5.40. The molecule has 0 amide bonds. The first-order chi connectivity index (χ1) is 14.3. The van der Waals surface area contributed by atoms with Crippen molar-refractivity contribution in [1.82, 2.24) is 19.5 Å². The molecule has 1 atom stereocenters. The van der Waals surface area contributed by atoms with Crippen molar-refractivity contribution in [3.05, 3.63) is 96.8 Å². The third kappa shape index (κ3) is 3.39. The zero-order valence-corrected chi connectivity index (χ0v) is 16.7. The van der Waals surface area contributed by atoms with Gasteiger partial charge in [0.1, 0.15) is 28.8 Å². The van der Waals surface area contributed by atoms with E-state index in [0.29, 0.717) is 0 Å². The molecule has 6 heteroatoms. The van der Waals surface area contributed by atoms with Crippen LogP contribution in [0.4, 0.5) is 5.82 Å². The van der Waals surface area contributed by atoms with E-state index < -0.39 is 0 Å². The number of aromatic nitrogens is 4. The van der Waals surface area contributed by atoms with E-state index in [9.17, 15) is 0 Å². The Morgan fingerprint density at radius 3 is 2.41 bits per heavy atom. The number of fused-ring (bicyclic) bond motifs is 1. The number of aryl methyl sites for hydroxylation is 1. The Balaban J connectivity index is 1.59. The number of hydrogen-bond acceptors (Lipinski definition) is 5. The third-order valence-corrected chi connectivity index (χ3v) is 6.01. The van der Waals surface area contributed by atoms with Crippen molar-refractivity contribution >= 4 is 27.4 Å². The van der Waals surface area contributed by atoms with Crippen LogP contribution in [-0.2, 0) is 7.05 Å². The fourth-order valence-corrected chi connectivity index (χ4v) is 4.45. The molecule has 29 heavy (non-hydrogen) atoms. The molecular formula is C23H19N5S. The molecule has 0 aliphatic carbocycles. The summed E-state index contributed by atoms with van der Waals surface area (Å²) in [5.41, 5.74) is 2.32. The largest absolute Gasteiger partial charge is 0.356 e. The Bertz CT molecular complexity index is 1240. The molecule has 142 valence electrons. The Hall–Kier alpha value is -3.51. The van der Waals surface area contributed by atoms with Crippen molar-refractivity contribution in [2.24, 2.45) is 7.05 Å². The average Bonchev–Trinajstić information content (AvgIpc) is 3.40. The van der Waals surface area contributed by atoms with Gasteiger partial charge in [-0.1, -0.05) is 60.7 Å². The quantitative estimate of drug-likeness (QED) is 0.438. The van der Waals surface area contributed by atoms with Crippen molar-refractivity contribution in [3.63, 3.8) is 0 Å². The molecule has 0 aliphatic rings. The number of benzene rings is 2. The number of nitrogens with one attached hydrogen (secondary N) is 1. The second-order valence-electron chi connectivity index (χ2n) is 6.80. The lowest BCUT2D eigenvalue weighted by atomic mass is 10.1. The second kappa shape index (κ2) is 7.48. The number of hydrogen-bond donors (Lipinski definition) is 1. The van der Waals surface area contributed by atoms with Gasteiger partial charge >= 0.3 is 0 Å². The van der Waals surface area contributed by atoms with Crippen LogP contribution in [0.3, 0.4) is 0 Å². The molecule has 5 nitrogen and oxygen atoms in total. The highest BCUT2D eigenvalue weighted by atomic mass is 32.1. The zero-order valence-electron chi connectivity index (χ0n) is 15.9. The molecule has 1 unspecified atom stereocenters. The van der Waals surface area contributed by atoms with Crippen molar-refractivity contribution in [2.75, 3.05) is 5.32 Å². The van der Waals surface area contributed by atoms with Crippen LogP contribution >= 0.6 is 11.3 Å². The Labute approximate surface area is 172 Å². The van der Waals surface area contributed by atoms with Crippen LogP contribution in [0.5, 0.6) is 0 Å². The van der Waals surface area contributed by atoms with Crippen LogP contribution in [0.1, 0.15) is 17.4 Å². The average molecular weight is 398 g/mol. The van der Waals surface area contributed by atoms with Gasteiger partial charge in [0.2, 0.25) is 0 Å². The second-order valence-corrected chi connectivity index (χ2v) is 7.83. The number of anilines is 1. The number of thiophene rings is 1. The summed E-state index contributed by atoms with van der Waals surface area (Å²) in [5.74, 6) is 1.74. The first-order valence-electron chi connectivity index (χ1n) is 9.38. The summed E-state index contributed by atoms with van der Waals surface area (Å²) >= 11 is 1.68. The van der Waals surface area contributed by atoms with Crippen LogP contribution in [0.25, 0.3) is 20.7 Å². The van der Waals surface area contributed by atoms with Crippen LogP contribution in [0.15, 0.2) is 85.5 Å². The minimum atomic E-state index is -0.116. The third-order valence-electron chi connectivity index (χ3n) is 4.92. The molecule has 1 N–H and O–H groups in total. The van der Waals surface area contributed by atoms with Gasteiger partial charge < -0.3 is 9.88 Å². The van der Waals surface area contributed by atoms with E-state index in [0.717, 1.165) is 27.4 Å². The predicted octanol–water partition coefficient (Wildman–Crippen LogP) is 5.29. The van der Waals surface area contributed by atoms with E-state index in [1.54, 1.807) is 17.7 Å². The standard InChI is InChI=1S/C23H19N5S/c1-28-13-12-24-22(28)20(17-10-6-3-7-11-17)27-21-18-14-19(16-8-4-2-5-9-16)29-23(18)26-15-25-21/h2-15,20H,1H3,(H,25,26,27). The highest BCUT2D eigenvalue weighted by Gasteiger charge is 2.20. The van der Waals surface area contributed by atoms with Crippen LogP contribution < -0.4 is 5.32 Å². The Morgan fingerprint density at radius 2 is 1.69 bits per heavy atom. The Kier molecular flexibility index (Phi) is 4.54. The summed E-state index contributed by atoms with van der Waals surface area (Å²) in [5, 5.41) is 4.64. The topological polar surface area (TPSA) is 55.6 Å². The molecule has 3 aromatic heterocycles. The Morgan fingerprint density at radius 1 is 0.931 bits per heavy atom. The van der Waals surface area contributed by atoms with Gasteiger partial charge in [0.25, 0.3) is 0 Å². The summed E-state index contributed by atoms with van der Waals surface area (Å²) in [7, 11) is 2.01. The molecule has 0 spiro atoms. The summed E-state index contributed by atoms with van der Waals surface area (Å²) in [6, 6.07) is 22.7. The van der Waals surface area contributed by atoms with Crippen LogP contribution in [0, 0.1) is 0 Å². The maximum absolute atomic E-state index is 4.58.